The number of piperidine rings is 1. The first-order valence-electron chi connectivity index (χ1n) is 6.82. The van der Waals surface area contributed by atoms with Gasteiger partial charge in [-0.15, -0.1) is 0 Å². The lowest BCUT2D eigenvalue weighted by atomic mass is 9.95. The van der Waals surface area contributed by atoms with E-state index in [9.17, 15) is 0 Å². The first-order chi connectivity index (χ1) is 8.61. The number of benzene rings is 1. The van der Waals surface area contributed by atoms with E-state index < -0.39 is 0 Å². The van der Waals surface area contributed by atoms with Crippen LogP contribution in [0.1, 0.15) is 36.9 Å². The Bertz CT molecular complexity index is 397. The molecule has 1 unspecified atom stereocenters. The normalized spacial score (nSPS) is 20.0. The van der Waals surface area contributed by atoms with Crippen molar-refractivity contribution in [2.24, 2.45) is 11.7 Å². The Morgan fingerprint density at radius 2 is 2.06 bits per heavy atom. The van der Waals surface area contributed by atoms with Crippen molar-refractivity contribution < 1.29 is 0 Å². The number of aryl methyl sites for hydroxylation is 1. The number of halogens is 1. The maximum Gasteiger partial charge on any atom is 0.0481 e. The van der Waals surface area contributed by atoms with E-state index in [1.165, 1.54) is 41.5 Å². The minimum Gasteiger partial charge on any atom is -0.329 e. The maximum absolute atomic E-state index is 6.01. The fraction of sp³-hybridized carbons (Fsp3) is 0.600. The molecule has 2 nitrogen and oxygen atoms in total. The molecule has 1 fully saturated rings. The van der Waals surface area contributed by atoms with Gasteiger partial charge in [-0.1, -0.05) is 35.0 Å². The molecule has 0 radical (unpaired) electrons. The Kier molecular flexibility index (Phi) is 4.82. The standard InChI is InChI=1S/C15H23BrN2/c1-11-5-7-18(8-6-11)15(10-17)13-4-3-12(2)9-14(13)16/h3-4,9,11,15H,5-8,10,17H2,1-2H3. The largest absolute Gasteiger partial charge is 0.329 e. The molecule has 0 bridgehead atoms. The minimum atomic E-state index is 0.354. The monoisotopic (exact) mass is 310 g/mol. The number of nitrogens with zero attached hydrogens (tertiary/aromatic N) is 1. The smallest absolute Gasteiger partial charge is 0.0481 e. The molecule has 1 saturated heterocycles. The second-order valence-corrected chi connectivity index (χ2v) is 6.35. The molecule has 18 heavy (non-hydrogen) atoms. The van der Waals surface area contributed by atoms with Crippen molar-refractivity contribution >= 4 is 15.9 Å². The molecule has 0 amide bonds. The van der Waals surface area contributed by atoms with Gasteiger partial charge in [-0.05, 0) is 56.0 Å². The van der Waals surface area contributed by atoms with Gasteiger partial charge >= 0.3 is 0 Å². The molecule has 1 aliphatic heterocycles. The van der Waals surface area contributed by atoms with Crippen LogP contribution >= 0.6 is 15.9 Å². The van der Waals surface area contributed by atoms with Crippen LogP contribution in [0.2, 0.25) is 0 Å². The average Bonchev–Trinajstić information content (AvgIpc) is 2.35. The second kappa shape index (κ2) is 6.18. The lowest BCUT2D eigenvalue weighted by Crippen LogP contribution is -2.39. The van der Waals surface area contributed by atoms with Crippen molar-refractivity contribution in [2.75, 3.05) is 19.6 Å². The van der Waals surface area contributed by atoms with E-state index in [0.29, 0.717) is 12.6 Å². The Labute approximate surface area is 119 Å². The number of likely N-dealkylation sites (tertiary alicyclic amines) is 1. The van der Waals surface area contributed by atoms with E-state index in [-0.39, 0.29) is 0 Å². The van der Waals surface area contributed by atoms with E-state index in [4.69, 9.17) is 5.73 Å². The van der Waals surface area contributed by atoms with Crippen molar-refractivity contribution in [3.63, 3.8) is 0 Å². The quantitative estimate of drug-likeness (QED) is 0.926. The molecule has 0 aromatic heterocycles. The van der Waals surface area contributed by atoms with Crippen LogP contribution in [-0.2, 0) is 0 Å². The van der Waals surface area contributed by atoms with Crippen LogP contribution in [0.15, 0.2) is 22.7 Å². The van der Waals surface area contributed by atoms with Gasteiger partial charge in [0.25, 0.3) is 0 Å². The first-order valence-corrected chi connectivity index (χ1v) is 7.61. The maximum atomic E-state index is 6.01. The summed E-state index contributed by atoms with van der Waals surface area (Å²) in [6.45, 7) is 7.49. The zero-order chi connectivity index (χ0) is 13.1. The fourth-order valence-corrected chi connectivity index (χ4v) is 3.47. The molecule has 3 heteroatoms. The minimum absolute atomic E-state index is 0.354. The number of hydrogen-bond donors (Lipinski definition) is 1. The Hall–Kier alpha value is -0.380. The van der Waals surface area contributed by atoms with Gasteiger partial charge < -0.3 is 5.73 Å². The predicted molar refractivity (Wildman–Crippen MR) is 80.6 cm³/mol. The van der Waals surface area contributed by atoms with Crippen molar-refractivity contribution in [1.82, 2.24) is 4.90 Å². The summed E-state index contributed by atoms with van der Waals surface area (Å²) in [4.78, 5) is 2.54. The van der Waals surface area contributed by atoms with Gasteiger partial charge in [-0.25, -0.2) is 0 Å². The highest BCUT2D eigenvalue weighted by molar-refractivity contribution is 9.10. The molecule has 2 rings (SSSR count). The molecule has 100 valence electrons. The molecule has 1 atom stereocenters. The van der Waals surface area contributed by atoms with Crippen LogP contribution in [0.4, 0.5) is 0 Å². The van der Waals surface area contributed by atoms with Gasteiger partial charge in [0.2, 0.25) is 0 Å². The molecule has 0 spiro atoms. The summed E-state index contributed by atoms with van der Waals surface area (Å²) < 4.78 is 1.19. The SMILES string of the molecule is Cc1ccc(C(CN)N2CCC(C)CC2)c(Br)c1. The van der Waals surface area contributed by atoms with Crippen molar-refractivity contribution in [3.05, 3.63) is 33.8 Å². The van der Waals surface area contributed by atoms with Gasteiger partial charge in [0.1, 0.15) is 0 Å². The molecule has 0 aliphatic carbocycles. The van der Waals surface area contributed by atoms with Gasteiger partial charge in [0.05, 0.1) is 0 Å². The van der Waals surface area contributed by atoms with Gasteiger partial charge in [0.15, 0.2) is 0 Å². The van der Waals surface area contributed by atoms with Crippen LogP contribution in [-0.4, -0.2) is 24.5 Å². The van der Waals surface area contributed by atoms with Gasteiger partial charge in [-0.3, -0.25) is 4.90 Å². The molecule has 2 N–H and O–H groups in total. The van der Waals surface area contributed by atoms with Crippen LogP contribution in [0.3, 0.4) is 0 Å². The van der Waals surface area contributed by atoms with Crippen LogP contribution in [0.25, 0.3) is 0 Å². The summed E-state index contributed by atoms with van der Waals surface area (Å²) in [6.07, 6.45) is 2.58. The van der Waals surface area contributed by atoms with Gasteiger partial charge in [0, 0.05) is 17.1 Å². The van der Waals surface area contributed by atoms with Crippen molar-refractivity contribution in [1.29, 1.82) is 0 Å². The highest BCUT2D eigenvalue weighted by Gasteiger charge is 2.24. The van der Waals surface area contributed by atoms with E-state index in [2.05, 4.69) is 52.9 Å². The topological polar surface area (TPSA) is 29.3 Å². The molecular weight excluding hydrogens is 288 g/mol. The molecular formula is C15H23BrN2. The van der Waals surface area contributed by atoms with Crippen LogP contribution in [0.5, 0.6) is 0 Å². The molecule has 1 aromatic carbocycles. The summed E-state index contributed by atoms with van der Waals surface area (Å²) in [6, 6.07) is 6.93. The predicted octanol–water partition coefficient (Wildman–Crippen LogP) is 3.49. The molecule has 1 aliphatic rings. The summed E-state index contributed by atoms with van der Waals surface area (Å²) >= 11 is 3.68. The van der Waals surface area contributed by atoms with Crippen LogP contribution in [0, 0.1) is 12.8 Å². The zero-order valence-corrected chi connectivity index (χ0v) is 12.9. The third-order valence-corrected chi connectivity index (χ3v) is 4.68. The van der Waals surface area contributed by atoms with Crippen molar-refractivity contribution in [2.45, 2.75) is 32.7 Å². The lowest BCUT2D eigenvalue weighted by molar-refractivity contribution is 0.141. The average molecular weight is 311 g/mol. The van der Waals surface area contributed by atoms with E-state index in [1.54, 1.807) is 0 Å². The summed E-state index contributed by atoms with van der Waals surface area (Å²) in [7, 11) is 0. The first kappa shape index (κ1) is 14.0. The summed E-state index contributed by atoms with van der Waals surface area (Å²) in [5, 5.41) is 0. The third kappa shape index (κ3) is 3.14. The summed E-state index contributed by atoms with van der Waals surface area (Å²) in [5.74, 6) is 0.862. The Balaban J connectivity index is 2.17. The highest BCUT2D eigenvalue weighted by Crippen LogP contribution is 2.31. The lowest BCUT2D eigenvalue weighted by Gasteiger charge is -2.36. The van der Waals surface area contributed by atoms with Crippen molar-refractivity contribution in [3.8, 4) is 0 Å². The van der Waals surface area contributed by atoms with E-state index in [0.717, 1.165) is 5.92 Å². The van der Waals surface area contributed by atoms with Gasteiger partial charge in [-0.2, -0.15) is 0 Å². The number of rotatable bonds is 3. The Morgan fingerprint density at radius 3 is 2.61 bits per heavy atom. The fourth-order valence-electron chi connectivity index (χ4n) is 2.72. The van der Waals surface area contributed by atoms with E-state index in [1.807, 2.05) is 0 Å². The highest BCUT2D eigenvalue weighted by atomic mass is 79.9. The zero-order valence-electron chi connectivity index (χ0n) is 11.3. The summed E-state index contributed by atoms with van der Waals surface area (Å²) in [5.41, 5.74) is 8.63. The Morgan fingerprint density at radius 1 is 1.39 bits per heavy atom. The second-order valence-electron chi connectivity index (χ2n) is 5.49. The molecule has 1 heterocycles. The molecule has 0 saturated carbocycles. The van der Waals surface area contributed by atoms with Crippen LogP contribution < -0.4 is 5.73 Å². The number of hydrogen-bond acceptors (Lipinski definition) is 2. The van der Waals surface area contributed by atoms with E-state index >= 15 is 0 Å². The number of nitrogens with two attached hydrogens (primary N) is 1. The third-order valence-electron chi connectivity index (χ3n) is 4.00. The molecule has 1 aromatic rings.